The maximum absolute atomic E-state index is 9.30. The summed E-state index contributed by atoms with van der Waals surface area (Å²) < 4.78 is 0. The fourth-order valence-corrected chi connectivity index (χ4v) is 5.16. The topological polar surface area (TPSA) is 114 Å². The van der Waals surface area contributed by atoms with Crippen molar-refractivity contribution in [3.05, 3.63) is 102 Å². The standard InChI is InChI=1S/C32H26N8/c33-18-27-16-25-17-28(23-4-2-1-3-5-23)32(38-29(25)20-36-27)24-8-6-22(7-9-24)21-40-14-11-26(12-15-40)37-30-10-13-35-31(19-34)39-30/h1-10,13,16-17,20,26H,11-12,14-15,21H2,(H,35,37,39). The van der Waals surface area contributed by atoms with Crippen LogP contribution in [0.5, 0.6) is 0 Å². The maximum Gasteiger partial charge on any atom is 0.234 e. The van der Waals surface area contributed by atoms with E-state index < -0.39 is 0 Å². The predicted molar refractivity (Wildman–Crippen MR) is 154 cm³/mol. The maximum atomic E-state index is 9.30. The molecule has 0 radical (unpaired) electrons. The molecule has 1 saturated heterocycles. The van der Waals surface area contributed by atoms with Crippen molar-refractivity contribution >= 4 is 16.7 Å². The number of nitriles is 2. The van der Waals surface area contributed by atoms with Crippen molar-refractivity contribution in [3.63, 3.8) is 0 Å². The number of nitrogens with zero attached hydrogens (tertiary/aromatic N) is 7. The van der Waals surface area contributed by atoms with Crippen LogP contribution in [0.3, 0.4) is 0 Å². The lowest BCUT2D eigenvalue weighted by Gasteiger charge is -2.32. The van der Waals surface area contributed by atoms with Crippen LogP contribution in [0, 0.1) is 22.7 Å². The van der Waals surface area contributed by atoms with Crippen molar-refractivity contribution in [2.45, 2.75) is 25.4 Å². The summed E-state index contributed by atoms with van der Waals surface area (Å²) in [6, 6.07) is 29.0. The minimum atomic E-state index is 0.186. The summed E-state index contributed by atoms with van der Waals surface area (Å²) in [5.41, 5.74) is 6.44. The van der Waals surface area contributed by atoms with Crippen LogP contribution in [0.2, 0.25) is 0 Å². The molecule has 0 spiro atoms. The van der Waals surface area contributed by atoms with Gasteiger partial charge in [-0.3, -0.25) is 4.90 Å². The molecule has 8 heteroatoms. The van der Waals surface area contributed by atoms with Gasteiger partial charge in [0.1, 0.15) is 23.7 Å². The lowest BCUT2D eigenvalue weighted by molar-refractivity contribution is 0.211. The molecule has 1 aliphatic heterocycles. The van der Waals surface area contributed by atoms with Crippen LogP contribution in [0.1, 0.15) is 29.9 Å². The van der Waals surface area contributed by atoms with Crippen LogP contribution in [0.15, 0.2) is 85.2 Å². The smallest absolute Gasteiger partial charge is 0.234 e. The number of nitrogens with one attached hydrogen (secondary N) is 1. The Morgan fingerprint density at radius 3 is 2.40 bits per heavy atom. The Morgan fingerprint density at radius 2 is 1.65 bits per heavy atom. The highest BCUT2D eigenvalue weighted by Gasteiger charge is 2.20. The molecule has 4 heterocycles. The Balaban J connectivity index is 1.17. The summed E-state index contributed by atoms with van der Waals surface area (Å²) in [6.07, 6.45) is 5.30. The first-order valence-corrected chi connectivity index (χ1v) is 13.3. The van der Waals surface area contributed by atoms with Gasteiger partial charge < -0.3 is 5.32 Å². The van der Waals surface area contributed by atoms with Gasteiger partial charge in [-0.15, -0.1) is 0 Å². The van der Waals surface area contributed by atoms with Gasteiger partial charge in [-0.2, -0.15) is 10.5 Å². The zero-order valence-corrected chi connectivity index (χ0v) is 21.8. The van der Waals surface area contributed by atoms with Crippen LogP contribution >= 0.6 is 0 Å². The molecule has 0 aliphatic carbocycles. The van der Waals surface area contributed by atoms with E-state index in [1.54, 1.807) is 18.5 Å². The number of piperidine rings is 1. The number of aromatic nitrogens is 4. The van der Waals surface area contributed by atoms with Gasteiger partial charge in [0.15, 0.2) is 0 Å². The number of hydrogen-bond acceptors (Lipinski definition) is 8. The van der Waals surface area contributed by atoms with E-state index in [4.69, 9.17) is 10.2 Å². The molecule has 5 aromatic rings. The van der Waals surface area contributed by atoms with Crippen LogP contribution < -0.4 is 5.32 Å². The average molecular weight is 523 g/mol. The number of likely N-dealkylation sites (tertiary alicyclic amines) is 1. The SMILES string of the molecule is N#Cc1cc2cc(-c3ccccc3)c(-c3ccc(CN4CCC(Nc5ccnc(C#N)n5)CC4)cc3)nc2cn1. The second-order valence-corrected chi connectivity index (χ2v) is 9.89. The molecule has 3 aromatic heterocycles. The number of pyridine rings is 2. The third-order valence-electron chi connectivity index (χ3n) is 7.23. The molecule has 40 heavy (non-hydrogen) atoms. The van der Waals surface area contributed by atoms with E-state index in [-0.39, 0.29) is 5.82 Å². The zero-order chi connectivity index (χ0) is 27.3. The van der Waals surface area contributed by atoms with Gasteiger partial charge in [-0.25, -0.2) is 19.9 Å². The van der Waals surface area contributed by atoms with Gasteiger partial charge >= 0.3 is 0 Å². The summed E-state index contributed by atoms with van der Waals surface area (Å²) in [5, 5.41) is 22.7. The van der Waals surface area contributed by atoms with Crippen LogP contribution in [0.4, 0.5) is 5.82 Å². The predicted octanol–water partition coefficient (Wildman–Crippen LogP) is 5.57. The van der Waals surface area contributed by atoms with E-state index in [2.05, 4.69) is 73.7 Å². The van der Waals surface area contributed by atoms with Crippen molar-refractivity contribution in [1.29, 1.82) is 10.5 Å². The Hall–Kier alpha value is -5.18. The highest BCUT2D eigenvalue weighted by atomic mass is 15.1. The molecule has 8 nitrogen and oxygen atoms in total. The molecule has 194 valence electrons. The fraction of sp³-hybridized carbons (Fsp3) is 0.188. The third kappa shape index (κ3) is 5.49. The van der Waals surface area contributed by atoms with Crippen molar-refractivity contribution < 1.29 is 0 Å². The second-order valence-electron chi connectivity index (χ2n) is 9.89. The Morgan fingerprint density at radius 1 is 0.850 bits per heavy atom. The Bertz CT molecular complexity index is 1730. The first-order chi connectivity index (χ1) is 19.7. The minimum Gasteiger partial charge on any atom is -0.367 e. The number of hydrogen-bond donors (Lipinski definition) is 1. The molecule has 1 fully saturated rings. The molecule has 0 amide bonds. The zero-order valence-electron chi connectivity index (χ0n) is 21.8. The highest BCUT2D eigenvalue weighted by molar-refractivity contribution is 5.91. The van der Waals surface area contributed by atoms with Gasteiger partial charge in [0.05, 0.1) is 17.4 Å². The van der Waals surface area contributed by atoms with E-state index in [9.17, 15) is 5.26 Å². The van der Waals surface area contributed by atoms with Gasteiger partial charge in [0.25, 0.3) is 0 Å². The molecular weight excluding hydrogens is 496 g/mol. The van der Waals surface area contributed by atoms with E-state index >= 15 is 0 Å². The molecule has 1 N–H and O–H groups in total. The third-order valence-corrected chi connectivity index (χ3v) is 7.23. The van der Waals surface area contributed by atoms with Crippen LogP contribution in [-0.4, -0.2) is 44.0 Å². The van der Waals surface area contributed by atoms with E-state index in [0.29, 0.717) is 17.6 Å². The molecule has 0 saturated carbocycles. The summed E-state index contributed by atoms with van der Waals surface area (Å²) >= 11 is 0. The van der Waals surface area contributed by atoms with Crippen LogP contribution in [0.25, 0.3) is 33.3 Å². The quantitative estimate of drug-likeness (QED) is 0.308. The molecule has 0 atom stereocenters. The molecule has 1 aliphatic rings. The molecule has 6 rings (SSSR count). The first kappa shape index (κ1) is 25.1. The summed E-state index contributed by atoms with van der Waals surface area (Å²) in [4.78, 5) is 19.8. The largest absolute Gasteiger partial charge is 0.367 e. The first-order valence-electron chi connectivity index (χ1n) is 13.3. The molecule has 0 bridgehead atoms. The number of anilines is 1. The number of fused-ring (bicyclic) bond motifs is 1. The fourth-order valence-electron chi connectivity index (χ4n) is 5.16. The summed E-state index contributed by atoms with van der Waals surface area (Å²) in [5.74, 6) is 0.893. The van der Waals surface area contributed by atoms with E-state index in [1.807, 2.05) is 30.3 Å². The monoisotopic (exact) mass is 522 g/mol. The normalized spacial score (nSPS) is 13.9. The Kier molecular flexibility index (Phi) is 7.09. The molecule has 2 aromatic carbocycles. The highest BCUT2D eigenvalue weighted by Crippen LogP contribution is 2.33. The van der Waals surface area contributed by atoms with Crippen molar-refractivity contribution in [2.75, 3.05) is 18.4 Å². The van der Waals surface area contributed by atoms with Gasteiger partial charge in [0.2, 0.25) is 5.82 Å². The van der Waals surface area contributed by atoms with Crippen molar-refractivity contribution in [1.82, 2.24) is 24.8 Å². The van der Waals surface area contributed by atoms with Crippen molar-refractivity contribution in [2.24, 2.45) is 0 Å². The summed E-state index contributed by atoms with van der Waals surface area (Å²) in [7, 11) is 0. The van der Waals surface area contributed by atoms with Gasteiger partial charge in [-0.1, -0.05) is 54.6 Å². The second kappa shape index (κ2) is 11.3. The molecule has 0 unspecified atom stereocenters. The number of rotatable bonds is 6. The number of benzene rings is 2. The van der Waals surface area contributed by atoms with Gasteiger partial charge in [0, 0.05) is 48.4 Å². The van der Waals surface area contributed by atoms with Gasteiger partial charge in [-0.05, 0) is 42.2 Å². The van der Waals surface area contributed by atoms with Crippen LogP contribution in [-0.2, 0) is 6.54 Å². The van der Waals surface area contributed by atoms with E-state index in [0.717, 1.165) is 65.8 Å². The van der Waals surface area contributed by atoms with Crippen molar-refractivity contribution in [3.8, 4) is 34.5 Å². The molecular formula is C32H26N8. The summed E-state index contributed by atoms with van der Waals surface area (Å²) in [6.45, 7) is 2.85. The van der Waals surface area contributed by atoms with E-state index in [1.165, 1.54) is 5.56 Å². The lowest BCUT2D eigenvalue weighted by Crippen LogP contribution is -2.38. The minimum absolute atomic E-state index is 0.186. The Labute approximate surface area is 232 Å². The lowest BCUT2D eigenvalue weighted by atomic mass is 9.97. The average Bonchev–Trinajstić information content (AvgIpc) is 3.02.